The van der Waals surface area contributed by atoms with Crippen molar-refractivity contribution in [2.45, 2.75) is 43.6 Å². The number of hydroxylamine groups is 3. The highest BCUT2D eigenvalue weighted by molar-refractivity contribution is 7.82. The van der Waals surface area contributed by atoms with Gasteiger partial charge in [0.2, 0.25) is 0 Å². The van der Waals surface area contributed by atoms with Gasteiger partial charge in [0.1, 0.15) is 0 Å². The first kappa shape index (κ1) is 22.6. The molecule has 2 unspecified atom stereocenters. The predicted octanol–water partition coefficient (Wildman–Crippen LogP) is 2.77. The van der Waals surface area contributed by atoms with E-state index in [-0.39, 0.29) is 12.5 Å². The van der Waals surface area contributed by atoms with E-state index in [1.807, 2.05) is 60.7 Å². The van der Waals surface area contributed by atoms with Gasteiger partial charge in [-0.15, -0.1) is 0 Å². The molecule has 7 nitrogen and oxygen atoms in total. The van der Waals surface area contributed by atoms with Gasteiger partial charge in [0.15, 0.2) is 15.8 Å². The highest BCUT2D eigenvalue weighted by atomic mass is 32.2. The molecule has 1 saturated heterocycles. The molecule has 162 valence electrons. The van der Waals surface area contributed by atoms with Gasteiger partial charge in [-0.2, -0.15) is 9.35 Å². The molecule has 0 saturated carbocycles. The van der Waals surface area contributed by atoms with Crippen molar-refractivity contribution in [2.75, 3.05) is 13.1 Å². The molecule has 2 aromatic carbocycles. The fraction of sp³-hybridized carbons (Fsp3) is 0.409. The van der Waals surface area contributed by atoms with E-state index in [1.54, 1.807) is 10.5 Å². The molecule has 0 aliphatic carbocycles. The summed E-state index contributed by atoms with van der Waals surface area (Å²) >= 11 is -1.98. The third kappa shape index (κ3) is 5.96. The van der Waals surface area contributed by atoms with E-state index in [4.69, 9.17) is 9.02 Å². The van der Waals surface area contributed by atoms with Crippen LogP contribution in [0.15, 0.2) is 60.7 Å². The zero-order valence-electron chi connectivity index (χ0n) is 17.0. The van der Waals surface area contributed by atoms with Crippen LogP contribution < -0.4 is 5.48 Å². The number of nitrogens with zero attached hydrogens (tertiary/aromatic N) is 1. The predicted molar refractivity (Wildman–Crippen MR) is 114 cm³/mol. The van der Waals surface area contributed by atoms with Crippen LogP contribution in [-0.4, -0.2) is 44.3 Å². The molecule has 1 fully saturated rings. The average Bonchev–Trinajstić information content (AvgIpc) is 2.79. The summed E-state index contributed by atoms with van der Waals surface area (Å²) in [6, 6.07) is 19.2. The molecular formula is C22H28N2O5S. The van der Waals surface area contributed by atoms with Crippen LogP contribution in [0.3, 0.4) is 0 Å². The molecule has 2 N–H and O–H groups in total. The number of carbonyl (C=O) groups excluding carboxylic acids is 1. The lowest BCUT2D eigenvalue weighted by Gasteiger charge is -2.33. The van der Waals surface area contributed by atoms with Crippen LogP contribution in [-0.2, 0) is 37.9 Å². The number of hydrogen-bond donors (Lipinski definition) is 2. The number of ether oxygens (including phenoxy) is 1. The Balaban J connectivity index is 1.53. The van der Waals surface area contributed by atoms with E-state index in [1.165, 1.54) is 6.92 Å². The Kier molecular flexibility index (Phi) is 8.12. The molecule has 2 aromatic rings. The largest absolute Gasteiger partial charge is 0.373 e. The van der Waals surface area contributed by atoms with Crippen molar-refractivity contribution in [3.8, 4) is 0 Å². The number of benzene rings is 2. The maximum Gasteiger partial charge on any atom is 0.264 e. The Morgan fingerprint density at radius 2 is 1.67 bits per heavy atom. The smallest absolute Gasteiger partial charge is 0.264 e. The van der Waals surface area contributed by atoms with Crippen molar-refractivity contribution in [1.29, 1.82) is 0 Å². The molecule has 0 bridgehead atoms. The van der Waals surface area contributed by atoms with Crippen molar-refractivity contribution in [3.05, 3.63) is 71.8 Å². The second-order valence-electron chi connectivity index (χ2n) is 7.57. The van der Waals surface area contributed by atoms with E-state index in [9.17, 15) is 14.2 Å². The molecule has 1 aliphatic heterocycles. The first-order valence-corrected chi connectivity index (χ1v) is 11.1. The topological polar surface area (TPSA) is 88.1 Å². The minimum Gasteiger partial charge on any atom is -0.373 e. The van der Waals surface area contributed by atoms with Gasteiger partial charge >= 0.3 is 0 Å². The van der Waals surface area contributed by atoms with Crippen LogP contribution in [0.4, 0.5) is 0 Å². The molecule has 1 aliphatic rings. The highest BCUT2D eigenvalue weighted by Crippen LogP contribution is 2.24. The quantitative estimate of drug-likeness (QED) is 0.468. The minimum absolute atomic E-state index is 0.106. The van der Waals surface area contributed by atoms with Gasteiger partial charge in [-0.05, 0) is 30.9 Å². The van der Waals surface area contributed by atoms with E-state index in [0.717, 1.165) is 24.0 Å². The summed E-state index contributed by atoms with van der Waals surface area (Å²) in [5.41, 5.74) is 3.59. The Morgan fingerprint density at radius 1 is 1.10 bits per heavy atom. The fourth-order valence-electron chi connectivity index (χ4n) is 3.36. The number of carbonyl (C=O) groups is 1. The van der Waals surface area contributed by atoms with Gasteiger partial charge in [0, 0.05) is 19.5 Å². The number of rotatable bonds is 9. The van der Waals surface area contributed by atoms with Crippen molar-refractivity contribution in [2.24, 2.45) is 0 Å². The minimum atomic E-state index is -1.98. The summed E-state index contributed by atoms with van der Waals surface area (Å²) in [5.74, 6) is -0.745. The summed E-state index contributed by atoms with van der Waals surface area (Å²) in [7, 11) is 0. The second kappa shape index (κ2) is 10.8. The van der Waals surface area contributed by atoms with E-state index < -0.39 is 21.7 Å². The van der Waals surface area contributed by atoms with Gasteiger partial charge in [0.25, 0.3) is 5.91 Å². The first-order chi connectivity index (χ1) is 14.5. The third-order valence-electron chi connectivity index (χ3n) is 5.24. The zero-order chi connectivity index (χ0) is 21.4. The lowest BCUT2D eigenvalue weighted by Crippen LogP contribution is -2.51. The van der Waals surface area contributed by atoms with Crippen LogP contribution in [0.2, 0.25) is 0 Å². The number of hydrogen-bond acceptors (Lipinski definition) is 6. The number of amides is 1. The van der Waals surface area contributed by atoms with E-state index in [2.05, 4.69) is 0 Å². The molecule has 8 heteroatoms. The average molecular weight is 433 g/mol. The molecular weight excluding hydrogens is 404 g/mol. The second-order valence-corrected chi connectivity index (χ2v) is 9.09. The Bertz CT molecular complexity index is 828. The van der Waals surface area contributed by atoms with E-state index in [0.29, 0.717) is 19.7 Å². The van der Waals surface area contributed by atoms with Crippen molar-refractivity contribution in [1.82, 2.24) is 10.5 Å². The summed E-state index contributed by atoms with van der Waals surface area (Å²) in [6.07, 6.45) is 1.76. The molecule has 0 spiro atoms. The molecule has 30 heavy (non-hydrogen) atoms. The van der Waals surface area contributed by atoms with Crippen molar-refractivity contribution >= 4 is 17.0 Å². The van der Waals surface area contributed by atoms with Crippen molar-refractivity contribution in [3.63, 3.8) is 0 Å². The standard InChI is InChI=1S/C22H28N2O5S/c1-22(21(25)23-26,16-18-8-4-2-5-9-18)30(27)29-24-14-12-20(13-15-24)28-17-19-10-6-3-7-11-19/h2-11,20,26H,12-17H2,1H3,(H,23,25). The molecule has 1 heterocycles. The van der Waals surface area contributed by atoms with E-state index >= 15 is 0 Å². The lowest BCUT2D eigenvalue weighted by molar-refractivity contribution is -0.132. The fourth-order valence-corrected chi connectivity index (χ4v) is 4.34. The molecule has 0 aromatic heterocycles. The lowest BCUT2D eigenvalue weighted by atomic mass is 10.00. The van der Waals surface area contributed by atoms with Crippen molar-refractivity contribution < 1.29 is 23.2 Å². The first-order valence-electron chi connectivity index (χ1n) is 10.0. The van der Waals surface area contributed by atoms with Crippen LogP contribution in [0.25, 0.3) is 0 Å². The third-order valence-corrected chi connectivity index (χ3v) is 6.65. The summed E-state index contributed by atoms with van der Waals surface area (Å²) in [6.45, 7) is 3.18. The van der Waals surface area contributed by atoms with Crippen LogP contribution >= 0.6 is 0 Å². The van der Waals surface area contributed by atoms with Crippen LogP contribution in [0.1, 0.15) is 30.9 Å². The van der Waals surface area contributed by atoms with Gasteiger partial charge in [-0.3, -0.25) is 10.0 Å². The van der Waals surface area contributed by atoms with Gasteiger partial charge < -0.3 is 4.74 Å². The summed E-state index contributed by atoms with van der Waals surface area (Å²) < 4.78 is 23.2. The number of piperidine rings is 1. The summed E-state index contributed by atoms with van der Waals surface area (Å²) in [5, 5.41) is 10.8. The molecule has 0 radical (unpaired) electrons. The Morgan fingerprint density at radius 3 is 2.23 bits per heavy atom. The highest BCUT2D eigenvalue weighted by Gasteiger charge is 2.43. The van der Waals surface area contributed by atoms with Gasteiger partial charge in [-0.25, -0.2) is 9.69 Å². The van der Waals surface area contributed by atoms with Crippen LogP contribution in [0, 0.1) is 0 Å². The Hall–Kier alpha value is -2.10. The SMILES string of the molecule is CC(Cc1ccccc1)(C(=O)NO)S(=O)ON1CCC(OCc2ccccc2)CC1. The maximum atomic E-state index is 13.0. The number of nitrogens with one attached hydrogen (secondary N) is 1. The van der Waals surface area contributed by atoms with Gasteiger partial charge in [0.05, 0.1) is 12.7 Å². The zero-order valence-corrected chi connectivity index (χ0v) is 17.8. The normalized spacial score (nSPS) is 18.5. The van der Waals surface area contributed by atoms with Crippen LogP contribution in [0.5, 0.6) is 0 Å². The molecule has 1 amide bonds. The monoisotopic (exact) mass is 432 g/mol. The Labute approximate surface area is 179 Å². The molecule has 2 atom stereocenters. The molecule has 3 rings (SSSR count). The summed E-state index contributed by atoms with van der Waals surface area (Å²) in [4.78, 5) is 12.3. The maximum absolute atomic E-state index is 13.0. The van der Waals surface area contributed by atoms with Gasteiger partial charge in [-0.1, -0.05) is 60.7 Å².